The molecule has 0 spiro atoms. The number of amides is 1. The van der Waals surface area contributed by atoms with E-state index in [0.717, 1.165) is 12.6 Å². The van der Waals surface area contributed by atoms with Gasteiger partial charge in [-0.15, -0.1) is 0 Å². The molecule has 170 valence electrons. The van der Waals surface area contributed by atoms with Crippen LogP contribution in [0, 0.1) is 15.9 Å². The number of hydrazine groups is 1. The van der Waals surface area contributed by atoms with Crippen LogP contribution in [-0.2, 0) is 6.54 Å². The molecule has 0 atom stereocenters. The molecule has 0 aliphatic carbocycles. The highest BCUT2D eigenvalue weighted by atomic mass is 19.1. The molecule has 3 aromatic rings. The lowest BCUT2D eigenvalue weighted by Crippen LogP contribution is -2.46. The molecule has 10 nitrogen and oxygen atoms in total. The number of carbonyl (C=O) groups is 1. The van der Waals surface area contributed by atoms with Crippen molar-refractivity contribution in [3.63, 3.8) is 0 Å². The lowest BCUT2D eigenvalue weighted by atomic mass is 10.2. The highest BCUT2D eigenvalue weighted by Gasteiger charge is 2.29. The third-order valence-electron chi connectivity index (χ3n) is 5.32. The van der Waals surface area contributed by atoms with Gasteiger partial charge in [-0.2, -0.15) is 0 Å². The normalized spacial score (nSPS) is 14.0. The molecule has 1 aliphatic rings. The Bertz CT molecular complexity index is 1140. The topological polar surface area (TPSA) is 117 Å². The molecule has 11 heteroatoms. The lowest BCUT2D eigenvalue weighted by Gasteiger charge is -2.35. The van der Waals surface area contributed by atoms with Crippen LogP contribution in [-0.4, -0.2) is 51.9 Å². The van der Waals surface area contributed by atoms with Crippen molar-refractivity contribution in [2.24, 2.45) is 0 Å². The number of piperazine rings is 1. The molecule has 2 N–H and O–H groups in total. The molecule has 1 aliphatic heterocycles. The molecule has 0 unspecified atom stereocenters. The van der Waals surface area contributed by atoms with E-state index in [1.807, 2.05) is 23.1 Å². The minimum atomic E-state index is -0.780. The summed E-state index contributed by atoms with van der Waals surface area (Å²) in [4.78, 5) is 35.6. The Morgan fingerprint density at radius 2 is 1.73 bits per heavy atom. The summed E-state index contributed by atoms with van der Waals surface area (Å²) in [6.45, 7) is 3.32. The SMILES string of the molecule is O=C(NNc1ncnc(N2CCN(Cc3ccccc3)CC2)c1[N+](=O)[O-])c1ccccc1F. The minimum Gasteiger partial charge on any atom is -0.348 e. The molecule has 4 rings (SSSR count). The molecule has 1 fully saturated rings. The lowest BCUT2D eigenvalue weighted by molar-refractivity contribution is -0.383. The van der Waals surface area contributed by atoms with Gasteiger partial charge >= 0.3 is 5.69 Å². The average molecular weight is 451 g/mol. The zero-order chi connectivity index (χ0) is 23.2. The van der Waals surface area contributed by atoms with Crippen LogP contribution >= 0.6 is 0 Å². The Balaban J connectivity index is 1.45. The van der Waals surface area contributed by atoms with Crippen LogP contribution < -0.4 is 15.8 Å². The first kappa shape index (κ1) is 22.1. The number of anilines is 2. The van der Waals surface area contributed by atoms with Crippen molar-refractivity contribution in [2.45, 2.75) is 6.54 Å². The van der Waals surface area contributed by atoms with E-state index >= 15 is 0 Å². The zero-order valence-corrected chi connectivity index (χ0v) is 17.6. The number of nitrogens with zero attached hydrogens (tertiary/aromatic N) is 5. The summed E-state index contributed by atoms with van der Waals surface area (Å²) in [5, 5.41) is 11.8. The number of hydrogen-bond donors (Lipinski definition) is 2. The first-order valence-corrected chi connectivity index (χ1v) is 10.3. The van der Waals surface area contributed by atoms with Crippen molar-refractivity contribution in [1.82, 2.24) is 20.3 Å². The van der Waals surface area contributed by atoms with Crippen molar-refractivity contribution >= 4 is 23.2 Å². The van der Waals surface area contributed by atoms with Gasteiger partial charge in [-0.1, -0.05) is 42.5 Å². The van der Waals surface area contributed by atoms with E-state index in [-0.39, 0.29) is 22.9 Å². The minimum absolute atomic E-state index is 0.164. The van der Waals surface area contributed by atoms with Crippen molar-refractivity contribution < 1.29 is 14.1 Å². The Labute approximate surface area is 189 Å². The number of aromatic nitrogens is 2. The van der Waals surface area contributed by atoms with E-state index in [1.165, 1.54) is 30.1 Å². The predicted molar refractivity (Wildman–Crippen MR) is 120 cm³/mol. The molecular weight excluding hydrogens is 429 g/mol. The molecule has 1 saturated heterocycles. The van der Waals surface area contributed by atoms with E-state index in [9.17, 15) is 19.3 Å². The summed E-state index contributed by atoms with van der Waals surface area (Å²) in [6, 6.07) is 15.5. The number of nitro groups is 1. The predicted octanol–water partition coefficient (Wildman–Crippen LogP) is 2.60. The van der Waals surface area contributed by atoms with E-state index in [0.29, 0.717) is 26.2 Å². The second-order valence-electron chi connectivity index (χ2n) is 7.46. The molecule has 33 heavy (non-hydrogen) atoms. The molecule has 0 bridgehead atoms. The molecule has 0 radical (unpaired) electrons. The van der Waals surface area contributed by atoms with E-state index in [4.69, 9.17) is 0 Å². The van der Waals surface area contributed by atoms with E-state index < -0.39 is 16.6 Å². The van der Waals surface area contributed by atoms with Gasteiger partial charge in [0.25, 0.3) is 5.91 Å². The van der Waals surface area contributed by atoms with Crippen molar-refractivity contribution in [1.29, 1.82) is 0 Å². The first-order valence-electron chi connectivity index (χ1n) is 10.3. The van der Waals surface area contributed by atoms with Crippen LogP contribution in [0.15, 0.2) is 60.9 Å². The third kappa shape index (κ3) is 5.21. The van der Waals surface area contributed by atoms with Crippen molar-refractivity contribution in [3.8, 4) is 0 Å². The zero-order valence-electron chi connectivity index (χ0n) is 17.6. The van der Waals surface area contributed by atoms with Gasteiger partial charge in [0.15, 0.2) is 0 Å². The van der Waals surface area contributed by atoms with Crippen LogP contribution in [0.25, 0.3) is 0 Å². The highest BCUT2D eigenvalue weighted by molar-refractivity contribution is 5.95. The van der Waals surface area contributed by atoms with Gasteiger partial charge < -0.3 is 4.90 Å². The third-order valence-corrected chi connectivity index (χ3v) is 5.32. The number of halogens is 1. The van der Waals surface area contributed by atoms with Gasteiger partial charge in [-0.25, -0.2) is 14.4 Å². The van der Waals surface area contributed by atoms with Gasteiger partial charge in [0, 0.05) is 32.7 Å². The Hall–Kier alpha value is -4.12. The van der Waals surface area contributed by atoms with Gasteiger partial charge in [-0.3, -0.25) is 30.7 Å². The summed E-state index contributed by atoms with van der Waals surface area (Å²) >= 11 is 0. The summed E-state index contributed by atoms with van der Waals surface area (Å²) in [7, 11) is 0. The van der Waals surface area contributed by atoms with Crippen LogP contribution in [0.5, 0.6) is 0 Å². The molecular formula is C22H22FN7O3. The number of hydrogen-bond acceptors (Lipinski definition) is 8. The summed E-state index contributed by atoms with van der Waals surface area (Å²) in [5.74, 6) is -1.50. The van der Waals surface area contributed by atoms with E-state index in [1.54, 1.807) is 0 Å². The fraction of sp³-hybridized carbons (Fsp3) is 0.227. The number of rotatable bonds is 7. The quantitative estimate of drug-likeness (QED) is 0.416. The highest BCUT2D eigenvalue weighted by Crippen LogP contribution is 2.32. The smallest absolute Gasteiger partial charge is 0.348 e. The summed E-state index contributed by atoms with van der Waals surface area (Å²) < 4.78 is 13.8. The molecule has 1 aromatic heterocycles. The van der Waals surface area contributed by atoms with Crippen LogP contribution in [0.3, 0.4) is 0 Å². The first-order chi connectivity index (χ1) is 16.0. The maximum Gasteiger partial charge on any atom is 0.355 e. The van der Waals surface area contributed by atoms with Crippen LogP contribution in [0.4, 0.5) is 21.7 Å². The summed E-state index contributed by atoms with van der Waals surface area (Å²) in [6.07, 6.45) is 1.19. The molecule has 0 saturated carbocycles. The van der Waals surface area contributed by atoms with Crippen molar-refractivity contribution in [2.75, 3.05) is 36.5 Å². The largest absolute Gasteiger partial charge is 0.355 e. The fourth-order valence-corrected chi connectivity index (χ4v) is 3.65. The van der Waals surface area contributed by atoms with Gasteiger partial charge in [-0.05, 0) is 17.7 Å². The van der Waals surface area contributed by atoms with Gasteiger partial charge in [0.05, 0.1) is 10.5 Å². The number of carbonyl (C=O) groups excluding carboxylic acids is 1. The Morgan fingerprint density at radius 1 is 1.03 bits per heavy atom. The molecule has 2 heterocycles. The number of nitrogens with one attached hydrogen (secondary N) is 2. The van der Waals surface area contributed by atoms with Gasteiger partial charge in [0.1, 0.15) is 12.1 Å². The Kier molecular flexibility index (Phi) is 6.69. The summed E-state index contributed by atoms with van der Waals surface area (Å²) in [5.41, 5.74) is 5.36. The van der Waals surface area contributed by atoms with E-state index in [2.05, 4.69) is 37.9 Å². The average Bonchev–Trinajstić information content (AvgIpc) is 2.83. The van der Waals surface area contributed by atoms with Crippen molar-refractivity contribution in [3.05, 3.63) is 88.0 Å². The Morgan fingerprint density at radius 3 is 2.42 bits per heavy atom. The standard InChI is InChI=1S/C22H22FN7O3/c23-18-9-5-4-8-17(18)22(31)27-26-20-19(30(32)33)21(25-15-24-20)29-12-10-28(11-13-29)14-16-6-2-1-3-7-16/h1-9,15H,10-14H2,(H,27,31)(H,24,25,26). The maximum absolute atomic E-state index is 13.8. The van der Waals surface area contributed by atoms with Gasteiger partial charge in [0.2, 0.25) is 11.6 Å². The molecule has 2 aromatic carbocycles. The molecule has 1 amide bonds. The second-order valence-corrected chi connectivity index (χ2v) is 7.46. The van der Waals surface area contributed by atoms with Crippen LogP contribution in [0.1, 0.15) is 15.9 Å². The fourth-order valence-electron chi connectivity index (χ4n) is 3.65. The second kappa shape index (κ2) is 10.0. The number of benzene rings is 2. The van der Waals surface area contributed by atoms with Crippen LogP contribution in [0.2, 0.25) is 0 Å². The monoisotopic (exact) mass is 451 g/mol. The maximum atomic E-state index is 13.8.